The predicted octanol–water partition coefficient (Wildman–Crippen LogP) is 5.16. The molecule has 0 atom stereocenters. The van der Waals surface area contributed by atoms with Crippen LogP contribution in [-0.2, 0) is 0 Å². The molecule has 2 aromatic carbocycles. The van der Waals surface area contributed by atoms with Crippen LogP contribution >= 0.6 is 11.6 Å². The number of fused-ring (bicyclic) bond motifs is 1. The zero-order valence-electron chi connectivity index (χ0n) is 13.7. The lowest BCUT2D eigenvalue weighted by molar-refractivity contribution is -0.274. The highest BCUT2D eigenvalue weighted by molar-refractivity contribution is 6.32. The number of nitrogens with zero attached hydrogens (tertiary/aromatic N) is 1. The number of rotatable bonds is 4. The van der Waals surface area contributed by atoms with E-state index in [1.54, 1.807) is 18.2 Å². The Morgan fingerprint density at radius 1 is 1.15 bits per heavy atom. The molecule has 0 unspecified atom stereocenters. The second kappa shape index (κ2) is 6.96. The number of benzene rings is 2. The highest BCUT2D eigenvalue weighted by Crippen LogP contribution is 2.33. The van der Waals surface area contributed by atoms with Crippen molar-refractivity contribution in [3.8, 4) is 22.8 Å². The van der Waals surface area contributed by atoms with Gasteiger partial charge in [-0.05, 0) is 42.5 Å². The molecule has 27 heavy (non-hydrogen) atoms. The Kier molecular flexibility index (Phi) is 4.84. The first kappa shape index (κ1) is 18.8. The monoisotopic (exact) mass is 397 g/mol. The number of hydrogen-bond donors (Lipinski definition) is 1. The first-order chi connectivity index (χ1) is 12.7. The SMILES string of the molecule is COc1ccc(-c2cc(C(=O)O)c3cc(OC(F)(F)F)ccc3n2)cc1Cl. The smallest absolute Gasteiger partial charge is 0.495 e. The van der Waals surface area contributed by atoms with Gasteiger partial charge in [-0.1, -0.05) is 11.6 Å². The number of aromatic nitrogens is 1. The summed E-state index contributed by atoms with van der Waals surface area (Å²) in [5.41, 5.74) is 0.815. The van der Waals surface area contributed by atoms with Gasteiger partial charge >= 0.3 is 12.3 Å². The molecule has 0 saturated carbocycles. The number of carboxylic acid groups (broad SMARTS) is 1. The van der Waals surface area contributed by atoms with Gasteiger partial charge in [-0.15, -0.1) is 13.2 Å². The van der Waals surface area contributed by atoms with Crippen LogP contribution in [0.5, 0.6) is 11.5 Å². The van der Waals surface area contributed by atoms with Crippen LogP contribution in [0.2, 0.25) is 5.02 Å². The van der Waals surface area contributed by atoms with Gasteiger partial charge in [-0.3, -0.25) is 0 Å². The molecule has 0 aliphatic rings. The first-order valence-electron chi connectivity index (χ1n) is 7.45. The van der Waals surface area contributed by atoms with E-state index in [0.717, 1.165) is 12.1 Å². The van der Waals surface area contributed by atoms with E-state index in [1.807, 2.05) is 0 Å². The number of pyridine rings is 1. The zero-order chi connectivity index (χ0) is 19.8. The molecule has 0 aliphatic carbocycles. The molecule has 0 saturated heterocycles. The molecule has 5 nitrogen and oxygen atoms in total. The van der Waals surface area contributed by atoms with Crippen LogP contribution in [0.1, 0.15) is 10.4 Å². The Balaban J connectivity index is 2.15. The third-order valence-corrected chi connectivity index (χ3v) is 3.99. The summed E-state index contributed by atoms with van der Waals surface area (Å²) in [6.07, 6.45) is -4.88. The van der Waals surface area contributed by atoms with Crippen LogP contribution in [0.3, 0.4) is 0 Å². The van der Waals surface area contributed by atoms with E-state index < -0.39 is 18.1 Å². The molecule has 1 heterocycles. The van der Waals surface area contributed by atoms with Crippen LogP contribution in [0.25, 0.3) is 22.2 Å². The number of ether oxygens (including phenoxy) is 2. The van der Waals surface area contributed by atoms with Crippen molar-refractivity contribution in [2.45, 2.75) is 6.36 Å². The Hall–Kier alpha value is -3.00. The topological polar surface area (TPSA) is 68.7 Å². The standard InChI is InChI=1S/C18H11ClF3NO4/c1-26-16-5-2-9(6-13(16)19)15-8-12(17(24)25)11-7-10(27-18(20,21)22)3-4-14(11)23-15/h2-8H,1H3,(H,24,25). The van der Waals surface area contributed by atoms with Gasteiger partial charge < -0.3 is 14.6 Å². The molecule has 0 bridgehead atoms. The minimum atomic E-state index is -4.88. The summed E-state index contributed by atoms with van der Waals surface area (Å²) in [7, 11) is 1.46. The number of hydrogen-bond acceptors (Lipinski definition) is 4. The van der Waals surface area contributed by atoms with Gasteiger partial charge in [0.25, 0.3) is 0 Å². The molecule has 1 aromatic heterocycles. The summed E-state index contributed by atoms with van der Waals surface area (Å²) in [4.78, 5) is 15.9. The van der Waals surface area contributed by atoms with Crippen molar-refractivity contribution in [3.05, 3.63) is 53.1 Å². The van der Waals surface area contributed by atoms with Gasteiger partial charge in [-0.2, -0.15) is 0 Å². The Morgan fingerprint density at radius 3 is 2.48 bits per heavy atom. The maximum atomic E-state index is 12.4. The summed E-state index contributed by atoms with van der Waals surface area (Å²) in [5, 5.41) is 9.81. The third kappa shape index (κ3) is 4.06. The van der Waals surface area contributed by atoms with Crippen LogP contribution in [0.4, 0.5) is 13.2 Å². The van der Waals surface area contributed by atoms with Gasteiger partial charge in [0.1, 0.15) is 11.5 Å². The van der Waals surface area contributed by atoms with E-state index in [0.29, 0.717) is 22.0 Å². The number of alkyl halides is 3. The number of aromatic carboxylic acids is 1. The molecular formula is C18H11ClF3NO4. The van der Waals surface area contributed by atoms with Gasteiger partial charge in [0.05, 0.1) is 28.9 Å². The molecule has 0 aliphatic heterocycles. The number of carboxylic acids is 1. The summed E-state index contributed by atoms with van der Waals surface area (Å²) in [6.45, 7) is 0. The van der Waals surface area contributed by atoms with Gasteiger partial charge in [0.15, 0.2) is 0 Å². The molecule has 0 spiro atoms. The third-order valence-electron chi connectivity index (χ3n) is 3.69. The first-order valence-corrected chi connectivity index (χ1v) is 7.83. The Bertz CT molecular complexity index is 1040. The van der Waals surface area contributed by atoms with E-state index >= 15 is 0 Å². The second-order valence-corrected chi connectivity index (χ2v) is 5.84. The predicted molar refractivity (Wildman–Crippen MR) is 92.4 cm³/mol. The largest absolute Gasteiger partial charge is 0.573 e. The molecule has 3 rings (SSSR count). The summed E-state index contributed by atoms with van der Waals surface area (Å²) < 4.78 is 46.1. The minimum Gasteiger partial charge on any atom is -0.495 e. The second-order valence-electron chi connectivity index (χ2n) is 5.44. The fourth-order valence-corrected chi connectivity index (χ4v) is 2.81. The molecule has 0 amide bonds. The van der Waals surface area contributed by atoms with Crippen molar-refractivity contribution in [1.82, 2.24) is 4.98 Å². The Labute approximate surface area is 155 Å². The molecule has 3 aromatic rings. The summed E-state index contributed by atoms with van der Waals surface area (Å²) >= 11 is 6.09. The lowest BCUT2D eigenvalue weighted by Crippen LogP contribution is -2.17. The van der Waals surface area contributed by atoms with Crippen molar-refractivity contribution >= 4 is 28.5 Å². The number of carbonyl (C=O) groups is 1. The number of halogens is 4. The molecular weight excluding hydrogens is 387 g/mol. The zero-order valence-corrected chi connectivity index (χ0v) is 14.4. The van der Waals surface area contributed by atoms with Crippen molar-refractivity contribution in [2.75, 3.05) is 7.11 Å². The normalized spacial score (nSPS) is 11.4. The molecule has 9 heteroatoms. The van der Waals surface area contributed by atoms with Crippen LogP contribution in [0, 0.1) is 0 Å². The van der Waals surface area contributed by atoms with Crippen LogP contribution in [0.15, 0.2) is 42.5 Å². The van der Waals surface area contributed by atoms with E-state index in [1.165, 1.54) is 19.2 Å². The minimum absolute atomic E-state index is 0.0209. The van der Waals surface area contributed by atoms with E-state index in [9.17, 15) is 23.1 Å². The van der Waals surface area contributed by atoms with Crippen molar-refractivity contribution in [3.63, 3.8) is 0 Å². The quantitative estimate of drug-likeness (QED) is 0.658. The van der Waals surface area contributed by atoms with Crippen LogP contribution < -0.4 is 9.47 Å². The van der Waals surface area contributed by atoms with Gasteiger partial charge in [-0.25, -0.2) is 9.78 Å². The van der Waals surface area contributed by atoms with E-state index in [-0.39, 0.29) is 16.5 Å². The maximum absolute atomic E-state index is 12.4. The van der Waals surface area contributed by atoms with Crippen molar-refractivity contribution in [1.29, 1.82) is 0 Å². The highest BCUT2D eigenvalue weighted by atomic mass is 35.5. The lowest BCUT2D eigenvalue weighted by Gasteiger charge is -2.12. The lowest BCUT2D eigenvalue weighted by atomic mass is 10.0. The van der Waals surface area contributed by atoms with Gasteiger partial charge in [0.2, 0.25) is 0 Å². The summed E-state index contributed by atoms with van der Waals surface area (Å²) in [6, 6.07) is 9.39. The van der Waals surface area contributed by atoms with Crippen molar-refractivity contribution < 1.29 is 32.5 Å². The molecule has 1 N–H and O–H groups in total. The van der Waals surface area contributed by atoms with Crippen molar-refractivity contribution in [2.24, 2.45) is 0 Å². The fraction of sp³-hybridized carbons (Fsp3) is 0.111. The molecule has 0 radical (unpaired) electrons. The van der Waals surface area contributed by atoms with Gasteiger partial charge in [0, 0.05) is 10.9 Å². The molecule has 140 valence electrons. The fourth-order valence-electron chi connectivity index (χ4n) is 2.55. The maximum Gasteiger partial charge on any atom is 0.573 e. The molecule has 0 fully saturated rings. The van der Waals surface area contributed by atoms with E-state index in [2.05, 4.69) is 9.72 Å². The van der Waals surface area contributed by atoms with Crippen LogP contribution in [-0.4, -0.2) is 29.5 Å². The average Bonchev–Trinajstić information content (AvgIpc) is 2.59. The Morgan fingerprint density at radius 2 is 1.89 bits per heavy atom. The number of methoxy groups -OCH3 is 1. The van der Waals surface area contributed by atoms with E-state index in [4.69, 9.17) is 16.3 Å². The summed E-state index contributed by atoms with van der Waals surface area (Å²) in [5.74, 6) is -1.40. The highest BCUT2D eigenvalue weighted by Gasteiger charge is 2.31. The average molecular weight is 398 g/mol.